The summed E-state index contributed by atoms with van der Waals surface area (Å²) in [6.07, 6.45) is 7.54. The van der Waals surface area contributed by atoms with Gasteiger partial charge in [0.15, 0.2) is 0 Å². The van der Waals surface area contributed by atoms with E-state index in [9.17, 15) is 29.4 Å². The molecular formula is C28H48N4O8. The van der Waals surface area contributed by atoms with Crippen molar-refractivity contribution in [3.05, 3.63) is 0 Å². The highest BCUT2D eigenvalue weighted by molar-refractivity contribution is 5.84. The lowest BCUT2D eigenvalue weighted by atomic mass is 9.79. The van der Waals surface area contributed by atoms with Crippen molar-refractivity contribution in [3.63, 3.8) is 0 Å². The molecule has 3 aliphatic rings. The monoisotopic (exact) mass is 568 g/mol. The van der Waals surface area contributed by atoms with E-state index in [2.05, 4.69) is 21.3 Å². The molecule has 6 unspecified atom stereocenters. The maximum Gasteiger partial charge on any atom is 0.315 e. The van der Waals surface area contributed by atoms with Gasteiger partial charge in [0, 0.05) is 45.2 Å². The van der Waals surface area contributed by atoms with Crippen molar-refractivity contribution in [2.45, 2.75) is 132 Å². The second-order valence-corrected chi connectivity index (χ2v) is 11.6. The number of hydrogen-bond donors (Lipinski definition) is 6. The van der Waals surface area contributed by atoms with Crippen LogP contribution in [0.25, 0.3) is 0 Å². The summed E-state index contributed by atoms with van der Waals surface area (Å²) in [7, 11) is 3.22. The third-order valence-corrected chi connectivity index (χ3v) is 8.70. The van der Waals surface area contributed by atoms with E-state index in [1.165, 1.54) is 6.42 Å². The van der Waals surface area contributed by atoms with Crippen molar-refractivity contribution in [1.82, 2.24) is 21.3 Å². The number of aliphatic carboxylic acids is 1. The van der Waals surface area contributed by atoms with E-state index in [-0.39, 0.29) is 73.4 Å². The lowest BCUT2D eigenvalue weighted by molar-refractivity contribution is -0.139. The van der Waals surface area contributed by atoms with Crippen molar-refractivity contribution < 1.29 is 38.9 Å². The Bertz CT molecular complexity index is 852. The summed E-state index contributed by atoms with van der Waals surface area (Å²) in [5, 5.41) is 31.6. The molecule has 12 heteroatoms. The fourth-order valence-corrected chi connectivity index (χ4v) is 6.43. The molecule has 0 saturated heterocycles. The Morgan fingerprint density at radius 1 is 0.775 bits per heavy atom. The molecule has 3 saturated carbocycles. The van der Waals surface area contributed by atoms with Crippen LogP contribution in [-0.4, -0.2) is 90.7 Å². The van der Waals surface area contributed by atoms with E-state index < -0.39 is 18.1 Å². The average Bonchev–Trinajstić information content (AvgIpc) is 2.93. The fraction of sp³-hybridized carbons (Fsp3) is 0.857. The van der Waals surface area contributed by atoms with Crippen LogP contribution in [0.5, 0.6) is 0 Å². The van der Waals surface area contributed by atoms with Gasteiger partial charge < -0.3 is 41.0 Å². The van der Waals surface area contributed by atoms with E-state index in [1.54, 1.807) is 14.2 Å². The third kappa shape index (κ3) is 10.2. The van der Waals surface area contributed by atoms with E-state index in [0.717, 1.165) is 25.7 Å². The van der Waals surface area contributed by atoms with Crippen molar-refractivity contribution in [2.24, 2.45) is 5.92 Å². The highest BCUT2D eigenvalue weighted by Crippen LogP contribution is 2.31. The maximum atomic E-state index is 12.7. The number of carbonyl (C=O) groups excluding carboxylic acids is 3. The zero-order valence-corrected chi connectivity index (χ0v) is 23.9. The molecular weight excluding hydrogens is 520 g/mol. The second-order valence-electron chi connectivity index (χ2n) is 11.6. The second kappa shape index (κ2) is 16.1. The largest absolute Gasteiger partial charge is 0.481 e. The van der Waals surface area contributed by atoms with Gasteiger partial charge in [-0.1, -0.05) is 19.3 Å². The number of hydrogen-bond acceptors (Lipinski definition) is 7. The summed E-state index contributed by atoms with van der Waals surface area (Å²) < 4.78 is 11.0. The minimum absolute atomic E-state index is 0.0409. The molecule has 40 heavy (non-hydrogen) atoms. The van der Waals surface area contributed by atoms with Gasteiger partial charge in [-0.05, 0) is 57.3 Å². The van der Waals surface area contributed by atoms with Crippen LogP contribution in [0, 0.1) is 5.92 Å². The molecule has 3 rings (SSSR count). The molecule has 0 aromatic rings. The van der Waals surface area contributed by atoms with Crippen LogP contribution in [0.1, 0.15) is 89.9 Å². The molecule has 0 bridgehead atoms. The first-order valence-electron chi connectivity index (χ1n) is 14.8. The Morgan fingerprint density at radius 2 is 1.48 bits per heavy atom. The van der Waals surface area contributed by atoms with Crippen LogP contribution >= 0.6 is 0 Å². The van der Waals surface area contributed by atoms with E-state index >= 15 is 0 Å². The minimum atomic E-state index is -0.999. The van der Waals surface area contributed by atoms with E-state index in [1.807, 2.05) is 0 Å². The van der Waals surface area contributed by atoms with Crippen molar-refractivity contribution in [2.75, 3.05) is 14.2 Å². The zero-order chi connectivity index (χ0) is 29.1. The molecule has 4 amide bonds. The first-order chi connectivity index (χ1) is 19.2. The predicted octanol–water partition coefficient (Wildman–Crippen LogP) is 1.59. The molecule has 7 atom stereocenters. The van der Waals surface area contributed by atoms with Crippen LogP contribution in [-0.2, 0) is 23.9 Å². The van der Waals surface area contributed by atoms with Gasteiger partial charge in [-0.25, -0.2) is 4.79 Å². The molecule has 0 aliphatic heterocycles. The Hall–Kier alpha value is -2.44. The van der Waals surface area contributed by atoms with Gasteiger partial charge in [0.2, 0.25) is 11.8 Å². The minimum Gasteiger partial charge on any atom is -0.481 e. The Kier molecular flexibility index (Phi) is 12.9. The van der Waals surface area contributed by atoms with Gasteiger partial charge in [0.25, 0.3) is 0 Å². The highest BCUT2D eigenvalue weighted by atomic mass is 16.5. The van der Waals surface area contributed by atoms with Crippen molar-refractivity contribution >= 4 is 23.8 Å². The topological polar surface area (TPSA) is 175 Å². The molecule has 12 nitrogen and oxygen atoms in total. The molecule has 228 valence electrons. The van der Waals surface area contributed by atoms with Gasteiger partial charge in [-0.15, -0.1) is 0 Å². The number of carboxylic acid groups (broad SMARTS) is 1. The van der Waals surface area contributed by atoms with Crippen LogP contribution in [0.15, 0.2) is 0 Å². The summed E-state index contributed by atoms with van der Waals surface area (Å²) in [6.45, 7) is 0. The van der Waals surface area contributed by atoms with Crippen LogP contribution in [0.3, 0.4) is 0 Å². The molecule has 0 radical (unpaired) electrons. The molecule has 0 aromatic heterocycles. The quantitative estimate of drug-likeness (QED) is 0.206. The smallest absolute Gasteiger partial charge is 0.315 e. The number of urea groups is 1. The number of amides is 4. The zero-order valence-electron chi connectivity index (χ0n) is 23.9. The van der Waals surface area contributed by atoms with Crippen LogP contribution in [0.4, 0.5) is 4.79 Å². The number of ether oxygens (including phenoxy) is 2. The van der Waals surface area contributed by atoms with Crippen LogP contribution < -0.4 is 21.3 Å². The van der Waals surface area contributed by atoms with E-state index in [4.69, 9.17) is 9.47 Å². The lowest BCUT2D eigenvalue weighted by Gasteiger charge is -2.38. The normalized spacial score (nSPS) is 30.1. The summed E-state index contributed by atoms with van der Waals surface area (Å²) in [6, 6.07) is -1.24. The molecule has 0 spiro atoms. The van der Waals surface area contributed by atoms with Gasteiger partial charge in [0.05, 0.1) is 30.8 Å². The molecule has 3 fully saturated rings. The summed E-state index contributed by atoms with van der Waals surface area (Å²) in [4.78, 5) is 49.0. The molecule has 3 aliphatic carbocycles. The van der Waals surface area contributed by atoms with Crippen molar-refractivity contribution in [1.29, 1.82) is 0 Å². The summed E-state index contributed by atoms with van der Waals surface area (Å²) in [5.74, 6) is -1.74. The first-order valence-corrected chi connectivity index (χ1v) is 14.8. The third-order valence-electron chi connectivity index (χ3n) is 8.70. The number of carboxylic acids is 1. The standard InChI is InChI=1S/C28H48N4O8/c1-39-23-11-8-17(14-24(23)40-2)21(16-27(36)37)31-26(35)13-12-25(34)29-19-9-10-20(22(33)15-19)32-28(38)30-18-6-4-3-5-7-18/h17-24,33H,3-16H2,1-2H3,(H,29,34)(H,31,35)(H,36,37)(H2,30,32,38)/t17?,19?,20?,21-,22?,23?,24?/m0/s1. The summed E-state index contributed by atoms with van der Waals surface area (Å²) in [5.41, 5.74) is 0. The number of nitrogens with one attached hydrogen (secondary N) is 4. The molecule has 0 heterocycles. The number of rotatable bonds is 12. The van der Waals surface area contributed by atoms with Crippen LogP contribution in [0.2, 0.25) is 0 Å². The SMILES string of the molecule is COC1CCC([C@H](CC(=O)O)NC(=O)CCC(=O)NC2CCC(NC(=O)NC3CCCCC3)C(O)C2)CC1OC. The maximum absolute atomic E-state index is 12.7. The van der Waals surface area contributed by atoms with Gasteiger partial charge in [0.1, 0.15) is 0 Å². The summed E-state index contributed by atoms with van der Waals surface area (Å²) >= 11 is 0. The highest BCUT2D eigenvalue weighted by Gasteiger charge is 2.36. The Labute approximate surface area is 236 Å². The number of aliphatic hydroxyl groups is 1. The lowest BCUT2D eigenvalue weighted by Crippen LogP contribution is -2.54. The Morgan fingerprint density at radius 3 is 2.12 bits per heavy atom. The number of carbonyl (C=O) groups is 4. The predicted molar refractivity (Wildman–Crippen MR) is 146 cm³/mol. The Balaban J connectivity index is 1.38. The molecule has 6 N–H and O–H groups in total. The van der Waals surface area contributed by atoms with Crippen molar-refractivity contribution in [3.8, 4) is 0 Å². The van der Waals surface area contributed by atoms with Gasteiger partial charge in [-0.2, -0.15) is 0 Å². The van der Waals surface area contributed by atoms with Gasteiger partial charge in [-0.3, -0.25) is 14.4 Å². The number of methoxy groups -OCH3 is 2. The number of aliphatic hydroxyl groups excluding tert-OH is 1. The average molecular weight is 569 g/mol. The van der Waals surface area contributed by atoms with E-state index in [0.29, 0.717) is 38.5 Å². The molecule has 0 aromatic carbocycles. The first kappa shape index (κ1) is 32.1. The van der Waals surface area contributed by atoms with Gasteiger partial charge >= 0.3 is 12.0 Å². The fourth-order valence-electron chi connectivity index (χ4n) is 6.43.